The standard InChI is InChI=1S/C18H17NO3/c1-22-13-5-3-2-4-12(13)19-16(20)14-10-6-7-11(15(14)17(19)21)18(10)8-9-18/h2-7,10-11,14-15H,8-9H2,1H3/t10-,11-,14-,15-/m1/s1. The Bertz CT molecular complexity index is 700. The molecule has 0 N–H and O–H groups in total. The largest absolute Gasteiger partial charge is 0.495 e. The summed E-state index contributed by atoms with van der Waals surface area (Å²) in [6.07, 6.45) is 6.71. The Kier molecular flexibility index (Phi) is 2.15. The molecule has 4 nitrogen and oxygen atoms in total. The van der Waals surface area contributed by atoms with Crippen LogP contribution in [-0.2, 0) is 9.59 Å². The number of anilines is 1. The van der Waals surface area contributed by atoms with Crippen LogP contribution in [-0.4, -0.2) is 18.9 Å². The summed E-state index contributed by atoms with van der Waals surface area (Å²) in [5, 5.41) is 0. The number of hydrogen-bond acceptors (Lipinski definition) is 3. The predicted octanol–water partition coefficient (Wildman–Crippen LogP) is 2.40. The average molecular weight is 295 g/mol. The van der Waals surface area contributed by atoms with Gasteiger partial charge in [-0.2, -0.15) is 0 Å². The second-order valence-electron chi connectivity index (χ2n) is 6.90. The van der Waals surface area contributed by atoms with Crippen LogP contribution in [0.3, 0.4) is 0 Å². The number of nitrogens with zero attached hydrogens (tertiary/aromatic N) is 1. The number of amides is 2. The van der Waals surface area contributed by atoms with Gasteiger partial charge in [0, 0.05) is 0 Å². The number of hydrogen-bond donors (Lipinski definition) is 0. The Morgan fingerprint density at radius 1 is 1.05 bits per heavy atom. The van der Waals surface area contributed by atoms with Gasteiger partial charge >= 0.3 is 0 Å². The fourth-order valence-corrected chi connectivity index (χ4v) is 5.13. The molecule has 1 spiro atoms. The van der Waals surface area contributed by atoms with E-state index in [1.165, 1.54) is 4.90 Å². The van der Waals surface area contributed by atoms with Crippen molar-refractivity contribution in [1.29, 1.82) is 0 Å². The van der Waals surface area contributed by atoms with E-state index in [9.17, 15) is 9.59 Å². The van der Waals surface area contributed by atoms with E-state index in [2.05, 4.69) is 12.2 Å². The first-order valence-corrected chi connectivity index (χ1v) is 7.88. The van der Waals surface area contributed by atoms with Gasteiger partial charge in [0.25, 0.3) is 0 Å². The summed E-state index contributed by atoms with van der Waals surface area (Å²) < 4.78 is 5.34. The number of methoxy groups -OCH3 is 1. The smallest absolute Gasteiger partial charge is 0.238 e. The molecule has 2 saturated carbocycles. The van der Waals surface area contributed by atoms with E-state index in [4.69, 9.17) is 4.74 Å². The third-order valence-corrected chi connectivity index (χ3v) is 6.18. The van der Waals surface area contributed by atoms with Gasteiger partial charge in [0.1, 0.15) is 5.75 Å². The first-order valence-electron chi connectivity index (χ1n) is 7.88. The van der Waals surface area contributed by atoms with Crippen LogP contribution < -0.4 is 9.64 Å². The van der Waals surface area contributed by atoms with Crippen LogP contribution in [0.25, 0.3) is 0 Å². The van der Waals surface area contributed by atoms with Crippen LogP contribution in [0.4, 0.5) is 5.69 Å². The second kappa shape index (κ2) is 3.80. The Morgan fingerprint density at radius 3 is 2.18 bits per heavy atom. The van der Waals surface area contributed by atoms with Gasteiger partial charge in [0.15, 0.2) is 0 Å². The number of rotatable bonds is 2. The number of fused-ring (bicyclic) bond motifs is 3. The van der Waals surface area contributed by atoms with Gasteiger partial charge in [-0.15, -0.1) is 0 Å². The topological polar surface area (TPSA) is 46.6 Å². The molecule has 2 bridgehead atoms. The molecular weight excluding hydrogens is 278 g/mol. The summed E-state index contributed by atoms with van der Waals surface area (Å²) in [7, 11) is 1.56. The highest BCUT2D eigenvalue weighted by molar-refractivity contribution is 6.23. The number of ether oxygens (including phenoxy) is 1. The summed E-state index contributed by atoms with van der Waals surface area (Å²) in [6.45, 7) is 0. The average Bonchev–Trinajstić information content (AvgIpc) is 3.13. The lowest BCUT2D eigenvalue weighted by molar-refractivity contribution is -0.123. The van der Waals surface area contributed by atoms with Crippen molar-refractivity contribution >= 4 is 17.5 Å². The van der Waals surface area contributed by atoms with Crippen molar-refractivity contribution in [2.24, 2.45) is 29.1 Å². The van der Waals surface area contributed by atoms with Crippen molar-refractivity contribution in [3.63, 3.8) is 0 Å². The third-order valence-electron chi connectivity index (χ3n) is 6.18. The highest BCUT2D eigenvalue weighted by Crippen LogP contribution is 2.73. The second-order valence-corrected chi connectivity index (χ2v) is 6.90. The third kappa shape index (κ3) is 1.21. The Balaban J connectivity index is 1.59. The number of allylic oxidation sites excluding steroid dienone is 2. The molecule has 112 valence electrons. The van der Waals surface area contributed by atoms with E-state index in [0.717, 1.165) is 12.8 Å². The van der Waals surface area contributed by atoms with Crippen molar-refractivity contribution in [3.05, 3.63) is 36.4 Å². The van der Waals surface area contributed by atoms with E-state index in [-0.39, 0.29) is 40.9 Å². The minimum absolute atomic E-state index is 0.0392. The molecule has 0 aromatic heterocycles. The molecule has 4 aliphatic rings. The molecule has 0 radical (unpaired) electrons. The first kappa shape index (κ1) is 12.4. The van der Waals surface area contributed by atoms with Crippen molar-refractivity contribution < 1.29 is 14.3 Å². The van der Waals surface area contributed by atoms with Crippen molar-refractivity contribution in [2.45, 2.75) is 12.8 Å². The highest BCUT2D eigenvalue weighted by atomic mass is 16.5. The minimum Gasteiger partial charge on any atom is -0.495 e. The monoisotopic (exact) mass is 295 g/mol. The lowest BCUT2D eigenvalue weighted by atomic mass is 9.85. The van der Waals surface area contributed by atoms with E-state index in [1.807, 2.05) is 12.1 Å². The maximum absolute atomic E-state index is 13.0. The van der Waals surface area contributed by atoms with Crippen LogP contribution in [0.2, 0.25) is 0 Å². The van der Waals surface area contributed by atoms with E-state index >= 15 is 0 Å². The van der Waals surface area contributed by atoms with Gasteiger partial charge in [0.2, 0.25) is 11.8 Å². The molecule has 3 aliphatic carbocycles. The number of carbonyl (C=O) groups excluding carboxylic acids is 2. The molecule has 3 fully saturated rings. The Hall–Kier alpha value is -2.10. The molecule has 1 aliphatic heterocycles. The van der Waals surface area contributed by atoms with Gasteiger partial charge in [-0.1, -0.05) is 24.3 Å². The zero-order chi connectivity index (χ0) is 15.1. The SMILES string of the molecule is COc1ccccc1N1C(=O)[C@H]2[C@H](C1=O)[C@H]1C=C[C@H]2C12CC2. The Labute approximate surface area is 128 Å². The summed E-state index contributed by atoms with van der Waals surface area (Å²) in [4.78, 5) is 27.3. The predicted molar refractivity (Wildman–Crippen MR) is 80.3 cm³/mol. The zero-order valence-corrected chi connectivity index (χ0v) is 12.4. The van der Waals surface area contributed by atoms with Crippen molar-refractivity contribution in [3.8, 4) is 5.75 Å². The maximum atomic E-state index is 13.0. The molecule has 4 heteroatoms. The molecule has 5 rings (SSSR count). The normalized spacial score (nSPS) is 36.3. The number of benzene rings is 1. The molecule has 1 aromatic carbocycles. The molecule has 4 atom stereocenters. The molecule has 2 amide bonds. The molecule has 1 saturated heterocycles. The molecule has 22 heavy (non-hydrogen) atoms. The molecule has 1 aromatic rings. The number of carbonyl (C=O) groups is 2. The molecular formula is C18H17NO3. The number of para-hydroxylation sites is 2. The highest BCUT2D eigenvalue weighted by Gasteiger charge is 2.73. The first-order chi connectivity index (χ1) is 10.7. The Morgan fingerprint density at radius 2 is 1.64 bits per heavy atom. The van der Waals surface area contributed by atoms with Crippen LogP contribution in [0.15, 0.2) is 36.4 Å². The van der Waals surface area contributed by atoms with Crippen LogP contribution in [0.5, 0.6) is 5.75 Å². The van der Waals surface area contributed by atoms with Gasteiger partial charge in [-0.05, 0) is 42.2 Å². The number of imide groups is 1. The molecule has 0 unspecified atom stereocenters. The van der Waals surface area contributed by atoms with Crippen LogP contribution in [0, 0.1) is 29.1 Å². The van der Waals surface area contributed by atoms with E-state index in [0.29, 0.717) is 11.4 Å². The van der Waals surface area contributed by atoms with Gasteiger partial charge in [-0.25, -0.2) is 4.90 Å². The van der Waals surface area contributed by atoms with E-state index in [1.54, 1.807) is 19.2 Å². The summed E-state index contributed by atoms with van der Waals surface area (Å²) in [6, 6.07) is 7.26. The lowest BCUT2D eigenvalue weighted by Crippen LogP contribution is -2.35. The van der Waals surface area contributed by atoms with Gasteiger partial charge in [-0.3, -0.25) is 9.59 Å². The van der Waals surface area contributed by atoms with Gasteiger partial charge < -0.3 is 4.74 Å². The minimum atomic E-state index is -0.157. The quantitative estimate of drug-likeness (QED) is 0.622. The van der Waals surface area contributed by atoms with E-state index < -0.39 is 0 Å². The van der Waals surface area contributed by atoms with Crippen LogP contribution >= 0.6 is 0 Å². The van der Waals surface area contributed by atoms with Gasteiger partial charge in [0.05, 0.1) is 24.6 Å². The fraction of sp³-hybridized carbons (Fsp3) is 0.444. The van der Waals surface area contributed by atoms with Crippen molar-refractivity contribution in [1.82, 2.24) is 0 Å². The summed E-state index contributed by atoms with van der Waals surface area (Å²) in [5.41, 5.74) is 0.826. The summed E-state index contributed by atoms with van der Waals surface area (Å²) >= 11 is 0. The zero-order valence-electron chi connectivity index (χ0n) is 12.4. The van der Waals surface area contributed by atoms with Crippen LogP contribution in [0.1, 0.15) is 12.8 Å². The van der Waals surface area contributed by atoms with Crippen molar-refractivity contribution in [2.75, 3.05) is 12.0 Å². The summed E-state index contributed by atoms with van der Waals surface area (Å²) in [5.74, 6) is 0.706. The molecule has 1 heterocycles. The maximum Gasteiger partial charge on any atom is 0.238 e. The fourth-order valence-electron chi connectivity index (χ4n) is 5.13. The lowest BCUT2D eigenvalue weighted by Gasteiger charge is -2.22.